The molecular weight excluding hydrogens is 265 g/mol. The smallest absolute Gasteiger partial charge is 0.351 e. The Bertz CT molecular complexity index is 595. The van der Waals surface area contributed by atoms with Gasteiger partial charge in [0.2, 0.25) is 12.4 Å². The summed E-state index contributed by atoms with van der Waals surface area (Å²) < 4.78 is 16.3. The summed E-state index contributed by atoms with van der Waals surface area (Å²) in [7, 11) is -4.20. The zero-order valence-electron chi connectivity index (χ0n) is 9.00. The van der Waals surface area contributed by atoms with Crippen molar-refractivity contribution >= 4 is 24.6 Å². The molecule has 98 valence electrons. The molecule has 0 aliphatic rings. The van der Waals surface area contributed by atoms with Gasteiger partial charge in [-0.25, -0.2) is 15.0 Å². The average molecular weight is 275 g/mol. The zero-order chi connectivity index (χ0) is 13.2. The van der Waals surface area contributed by atoms with Gasteiger partial charge in [0.15, 0.2) is 17.7 Å². The third-order valence-corrected chi connectivity index (χ3v) is 2.39. The first kappa shape index (κ1) is 12.7. The van der Waals surface area contributed by atoms with E-state index < -0.39 is 13.9 Å². The number of fused-ring (bicyclic) bond motifs is 1. The van der Waals surface area contributed by atoms with Crippen LogP contribution < -0.4 is 10.6 Å². The molecule has 10 nitrogen and oxygen atoms in total. The number of nitrogen functional groups attached to an aromatic ring is 1. The van der Waals surface area contributed by atoms with Crippen molar-refractivity contribution < 1.29 is 23.9 Å². The fourth-order valence-electron chi connectivity index (χ4n) is 1.18. The molecule has 0 aromatic carbocycles. The molecule has 0 spiro atoms. The van der Waals surface area contributed by atoms with Crippen LogP contribution in [0.2, 0.25) is 0 Å². The minimum atomic E-state index is -4.20. The first-order valence-corrected chi connectivity index (χ1v) is 6.46. The number of anilines is 1. The van der Waals surface area contributed by atoms with E-state index in [9.17, 15) is 4.57 Å². The molecule has 0 atom stereocenters. The first-order chi connectivity index (χ1) is 8.47. The van der Waals surface area contributed by atoms with Gasteiger partial charge in [0.1, 0.15) is 12.7 Å². The number of hydrogen-bond donors (Lipinski definition) is 3. The second kappa shape index (κ2) is 4.86. The van der Waals surface area contributed by atoms with Crippen LogP contribution >= 0.6 is 7.60 Å². The van der Waals surface area contributed by atoms with E-state index in [1.807, 2.05) is 0 Å². The van der Waals surface area contributed by atoms with Gasteiger partial charge in [-0.15, -0.1) is 4.73 Å². The van der Waals surface area contributed by atoms with Crippen molar-refractivity contribution in [2.75, 3.05) is 18.9 Å². The van der Waals surface area contributed by atoms with Crippen molar-refractivity contribution in [2.45, 2.75) is 0 Å². The van der Waals surface area contributed by atoms with Gasteiger partial charge in [0, 0.05) is 0 Å². The lowest BCUT2D eigenvalue weighted by molar-refractivity contribution is -0.0452. The molecule has 2 heterocycles. The van der Waals surface area contributed by atoms with Gasteiger partial charge < -0.3 is 25.1 Å². The van der Waals surface area contributed by atoms with E-state index in [1.165, 1.54) is 17.4 Å². The van der Waals surface area contributed by atoms with Crippen molar-refractivity contribution in [1.82, 2.24) is 19.7 Å². The number of imidazole rings is 1. The molecule has 0 unspecified atom stereocenters. The average Bonchev–Trinajstić information content (AvgIpc) is 2.68. The van der Waals surface area contributed by atoms with E-state index in [2.05, 4.69) is 19.7 Å². The Morgan fingerprint density at radius 3 is 2.89 bits per heavy atom. The molecule has 0 saturated carbocycles. The summed E-state index contributed by atoms with van der Waals surface area (Å²) in [6.45, 7) is -0.361. The minimum absolute atomic E-state index is 0.207. The van der Waals surface area contributed by atoms with Crippen LogP contribution in [0.25, 0.3) is 11.2 Å². The minimum Gasteiger partial charge on any atom is -0.382 e. The Labute approximate surface area is 100 Å². The predicted octanol–water partition coefficient (Wildman–Crippen LogP) is -1.05. The molecule has 2 aromatic rings. The van der Waals surface area contributed by atoms with Crippen molar-refractivity contribution in [3.05, 3.63) is 12.7 Å². The van der Waals surface area contributed by atoms with Crippen molar-refractivity contribution in [2.24, 2.45) is 0 Å². The molecule has 0 saturated heterocycles. The predicted molar refractivity (Wildman–Crippen MR) is 59.2 cm³/mol. The molecule has 0 bridgehead atoms. The van der Waals surface area contributed by atoms with Gasteiger partial charge in [-0.05, 0) is 0 Å². The summed E-state index contributed by atoms with van der Waals surface area (Å²) >= 11 is 0. The number of hydrogen-bond acceptors (Lipinski definition) is 7. The molecule has 0 fully saturated rings. The topological polar surface area (TPSA) is 146 Å². The van der Waals surface area contributed by atoms with Gasteiger partial charge >= 0.3 is 7.60 Å². The lowest BCUT2D eigenvalue weighted by atomic mass is 10.5. The fourth-order valence-corrected chi connectivity index (χ4v) is 1.49. The molecule has 11 heteroatoms. The van der Waals surface area contributed by atoms with E-state index in [0.29, 0.717) is 11.2 Å². The van der Waals surface area contributed by atoms with E-state index in [1.54, 1.807) is 0 Å². The summed E-state index contributed by atoms with van der Waals surface area (Å²) in [6, 6.07) is 0. The highest BCUT2D eigenvalue weighted by Gasteiger charge is 2.13. The maximum atomic E-state index is 10.5. The van der Waals surface area contributed by atoms with Gasteiger partial charge in [0.25, 0.3) is 0 Å². The van der Waals surface area contributed by atoms with E-state index >= 15 is 0 Å². The number of ether oxygens (including phenoxy) is 1. The van der Waals surface area contributed by atoms with E-state index in [0.717, 1.165) is 0 Å². The monoisotopic (exact) mass is 275 g/mol. The summed E-state index contributed by atoms with van der Waals surface area (Å²) in [6.07, 6.45) is 1.82. The molecule has 4 N–H and O–H groups in total. The van der Waals surface area contributed by atoms with Crippen LogP contribution in [0.4, 0.5) is 5.82 Å². The van der Waals surface area contributed by atoms with Gasteiger partial charge in [-0.1, -0.05) is 0 Å². The quantitative estimate of drug-likeness (QED) is 0.353. The Balaban J connectivity index is 2.00. The molecule has 2 aromatic heterocycles. The highest BCUT2D eigenvalue weighted by molar-refractivity contribution is 7.51. The second-order valence-electron chi connectivity index (χ2n) is 3.25. The van der Waals surface area contributed by atoms with Gasteiger partial charge in [-0.2, -0.15) is 0 Å². The molecule has 0 aliphatic heterocycles. The fraction of sp³-hybridized carbons (Fsp3) is 0.286. The third-order valence-electron chi connectivity index (χ3n) is 1.87. The Morgan fingerprint density at radius 2 is 2.17 bits per heavy atom. The third kappa shape index (κ3) is 2.93. The molecular formula is C7H10N5O5P. The standard InChI is InChI=1S/C7H10N5O5P/c8-6-5-7(10-1-9-6)12(2-11-5)17-3-16-4-18(13,14)15/h1-2H,3-4H2,(H2,8,9,10)(H2,13,14,15). The summed E-state index contributed by atoms with van der Waals surface area (Å²) in [5.41, 5.74) is 6.27. The van der Waals surface area contributed by atoms with Crippen molar-refractivity contribution in [3.8, 4) is 0 Å². The SMILES string of the molecule is Nc1ncnc2c1ncn2OCOCP(=O)(O)O. The van der Waals surface area contributed by atoms with Crippen LogP contribution in [0, 0.1) is 0 Å². The van der Waals surface area contributed by atoms with Gasteiger partial charge in [-0.3, -0.25) is 4.57 Å². The summed E-state index contributed by atoms with van der Waals surface area (Å²) in [5, 5.41) is 0. The maximum absolute atomic E-state index is 10.5. The lowest BCUT2D eigenvalue weighted by Gasteiger charge is -2.08. The number of aromatic nitrogens is 4. The zero-order valence-corrected chi connectivity index (χ0v) is 9.90. The number of rotatable bonds is 5. The molecule has 0 amide bonds. The van der Waals surface area contributed by atoms with Crippen LogP contribution in [0.5, 0.6) is 0 Å². The highest BCUT2D eigenvalue weighted by atomic mass is 31.2. The van der Waals surface area contributed by atoms with Crippen LogP contribution in [0.15, 0.2) is 12.7 Å². The molecule has 0 radical (unpaired) electrons. The van der Waals surface area contributed by atoms with Crippen LogP contribution in [-0.4, -0.2) is 42.6 Å². The second-order valence-corrected chi connectivity index (χ2v) is 4.83. The lowest BCUT2D eigenvalue weighted by Crippen LogP contribution is -2.15. The molecule has 0 aliphatic carbocycles. The number of nitrogens with zero attached hydrogens (tertiary/aromatic N) is 4. The van der Waals surface area contributed by atoms with Gasteiger partial charge in [0.05, 0.1) is 0 Å². The summed E-state index contributed by atoms with van der Waals surface area (Å²) in [5.74, 6) is 0.207. The van der Waals surface area contributed by atoms with Crippen LogP contribution in [-0.2, 0) is 9.30 Å². The van der Waals surface area contributed by atoms with Crippen LogP contribution in [0.1, 0.15) is 0 Å². The number of nitrogens with two attached hydrogens (primary N) is 1. The first-order valence-electron chi connectivity index (χ1n) is 4.66. The van der Waals surface area contributed by atoms with Crippen molar-refractivity contribution in [1.29, 1.82) is 0 Å². The Morgan fingerprint density at radius 1 is 1.39 bits per heavy atom. The largest absolute Gasteiger partial charge is 0.382 e. The molecule has 18 heavy (non-hydrogen) atoms. The summed E-state index contributed by atoms with van der Waals surface area (Å²) in [4.78, 5) is 33.7. The van der Waals surface area contributed by atoms with Crippen LogP contribution in [0.3, 0.4) is 0 Å². The molecule has 2 rings (SSSR count). The normalized spacial score (nSPS) is 11.9. The van der Waals surface area contributed by atoms with E-state index in [4.69, 9.17) is 20.4 Å². The van der Waals surface area contributed by atoms with E-state index in [-0.39, 0.29) is 12.6 Å². The maximum Gasteiger partial charge on any atom is 0.351 e. The Hall–Kier alpha value is -1.74. The Kier molecular flexibility index (Phi) is 3.43. The van der Waals surface area contributed by atoms with Crippen molar-refractivity contribution in [3.63, 3.8) is 0 Å². The highest BCUT2D eigenvalue weighted by Crippen LogP contribution is 2.33.